The Morgan fingerprint density at radius 2 is 1.89 bits per heavy atom. The van der Waals surface area contributed by atoms with Crippen LogP contribution in [0.15, 0.2) is 54.2 Å². The molecule has 0 radical (unpaired) electrons. The van der Waals surface area contributed by atoms with Crippen molar-refractivity contribution < 1.29 is 18.3 Å². The van der Waals surface area contributed by atoms with Crippen LogP contribution in [-0.4, -0.2) is 9.67 Å². The molecule has 0 aliphatic rings. The summed E-state index contributed by atoms with van der Waals surface area (Å²) in [6.45, 7) is 3.35. The molecule has 0 atom stereocenters. The zero-order valence-corrected chi connectivity index (χ0v) is 14.8. The fourth-order valence-electron chi connectivity index (χ4n) is 3.14. The Kier molecular flexibility index (Phi) is 4.71. The smallest absolute Gasteiger partial charge is 0.416 e. The Morgan fingerprint density at radius 1 is 1.19 bits per heavy atom. The molecule has 0 spiro atoms. The second-order valence-corrected chi connectivity index (χ2v) is 6.48. The van der Waals surface area contributed by atoms with Gasteiger partial charge in [0.2, 0.25) is 0 Å². The van der Waals surface area contributed by atoms with Gasteiger partial charge in [-0.1, -0.05) is 29.8 Å². The summed E-state index contributed by atoms with van der Waals surface area (Å²) in [6, 6.07) is 13.1. The van der Waals surface area contributed by atoms with E-state index in [-0.39, 0.29) is 17.9 Å². The third kappa shape index (κ3) is 3.68. The number of fused-ring (bicyclic) bond motifs is 1. The van der Waals surface area contributed by atoms with E-state index in [1.807, 2.05) is 18.2 Å². The minimum absolute atomic E-state index is 0.132. The van der Waals surface area contributed by atoms with Gasteiger partial charge in [-0.3, -0.25) is 0 Å². The maximum atomic E-state index is 13.1. The van der Waals surface area contributed by atoms with Crippen LogP contribution in [0.4, 0.5) is 13.2 Å². The van der Waals surface area contributed by atoms with E-state index in [1.54, 1.807) is 35.9 Å². The SMILES string of the molecule is C/C(C#N)=C(\O)c1cn(Cc2cc(C)cc(C(F)(F)F)c2)c2ccccc12. The molecule has 1 heterocycles. The monoisotopic (exact) mass is 370 g/mol. The molecule has 3 rings (SSSR count). The zero-order chi connectivity index (χ0) is 19.8. The number of alkyl halides is 3. The first kappa shape index (κ1) is 18.6. The molecule has 0 saturated carbocycles. The van der Waals surface area contributed by atoms with E-state index in [4.69, 9.17) is 5.26 Å². The molecule has 27 heavy (non-hydrogen) atoms. The average molecular weight is 370 g/mol. The van der Waals surface area contributed by atoms with Crippen LogP contribution in [0, 0.1) is 18.3 Å². The van der Waals surface area contributed by atoms with Gasteiger partial charge in [0, 0.05) is 29.2 Å². The molecule has 0 amide bonds. The van der Waals surface area contributed by atoms with E-state index in [0.717, 1.165) is 23.0 Å². The Labute approximate surface area is 154 Å². The standard InChI is InChI=1S/C21H17F3N2O/c1-13-7-15(9-16(8-13)21(22,23)24)11-26-12-18(20(27)14(2)10-25)17-5-3-4-6-19(17)26/h3-9,12,27H,11H2,1-2H3/b20-14+. The highest BCUT2D eigenvalue weighted by molar-refractivity contribution is 5.92. The van der Waals surface area contributed by atoms with Crippen molar-refractivity contribution >= 4 is 16.7 Å². The zero-order valence-electron chi connectivity index (χ0n) is 14.8. The van der Waals surface area contributed by atoms with E-state index in [1.165, 1.54) is 6.92 Å². The summed E-state index contributed by atoms with van der Waals surface area (Å²) in [6.07, 6.45) is -2.74. The predicted molar refractivity (Wildman–Crippen MR) is 98.1 cm³/mol. The van der Waals surface area contributed by atoms with Gasteiger partial charge >= 0.3 is 6.18 Å². The summed E-state index contributed by atoms with van der Waals surface area (Å²) in [5.41, 5.74) is 1.77. The third-order valence-corrected chi connectivity index (χ3v) is 4.38. The molecule has 3 aromatic rings. The normalized spacial score (nSPS) is 12.7. The van der Waals surface area contributed by atoms with Crippen molar-refractivity contribution in [2.75, 3.05) is 0 Å². The van der Waals surface area contributed by atoms with E-state index in [9.17, 15) is 18.3 Å². The molecule has 138 valence electrons. The van der Waals surface area contributed by atoms with Crippen molar-refractivity contribution in [3.05, 3.63) is 76.5 Å². The van der Waals surface area contributed by atoms with Crippen LogP contribution in [0.3, 0.4) is 0 Å². The predicted octanol–water partition coefficient (Wildman–Crippen LogP) is 5.83. The van der Waals surface area contributed by atoms with E-state index in [2.05, 4.69) is 0 Å². The second-order valence-electron chi connectivity index (χ2n) is 6.48. The van der Waals surface area contributed by atoms with E-state index < -0.39 is 11.7 Å². The quantitative estimate of drug-likeness (QED) is 0.466. The minimum atomic E-state index is -4.41. The van der Waals surface area contributed by atoms with Crippen LogP contribution in [0.25, 0.3) is 16.7 Å². The number of hydrogen-bond acceptors (Lipinski definition) is 2. The number of nitrogens with zero attached hydrogens (tertiary/aromatic N) is 2. The van der Waals surface area contributed by atoms with Crippen LogP contribution in [0.5, 0.6) is 0 Å². The van der Waals surface area contributed by atoms with Gasteiger partial charge in [-0.15, -0.1) is 0 Å². The van der Waals surface area contributed by atoms with Crippen LogP contribution >= 0.6 is 0 Å². The number of aryl methyl sites for hydroxylation is 1. The van der Waals surface area contributed by atoms with Crippen LogP contribution < -0.4 is 0 Å². The molecular formula is C21H17F3N2O. The molecule has 1 N–H and O–H groups in total. The topological polar surface area (TPSA) is 48.9 Å². The van der Waals surface area contributed by atoms with Gasteiger partial charge < -0.3 is 9.67 Å². The highest BCUT2D eigenvalue weighted by atomic mass is 19.4. The molecule has 0 aliphatic heterocycles. The largest absolute Gasteiger partial charge is 0.506 e. The number of nitriles is 1. The molecule has 0 unspecified atom stereocenters. The lowest BCUT2D eigenvalue weighted by Crippen LogP contribution is -2.07. The summed E-state index contributed by atoms with van der Waals surface area (Å²) in [5.74, 6) is -0.132. The molecule has 0 aliphatic carbocycles. The van der Waals surface area contributed by atoms with Crippen molar-refractivity contribution in [1.82, 2.24) is 4.57 Å². The first-order chi connectivity index (χ1) is 12.7. The Balaban J connectivity index is 2.12. The number of aliphatic hydroxyl groups excluding tert-OH is 1. The average Bonchev–Trinajstić information content (AvgIpc) is 2.98. The van der Waals surface area contributed by atoms with Crippen molar-refractivity contribution in [3.63, 3.8) is 0 Å². The van der Waals surface area contributed by atoms with Gasteiger partial charge in [0.15, 0.2) is 0 Å². The number of hydrogen-bond donors (Lipinski definition) is 1. The Morgan fingerprint density at radius 3 is 2.56 bits per heavy atom. The second kappa shape index (κ2) is 6.84. The number of rotatable bonds is 3. The summed E-state index contributed by atoms with van der Waals surface area (Å²) >= 11 is 0. The molecule has 0 bridgehead atoms. The van der Waals surface area contributed by atoms with Crippen LogP contribution in [0.2, 0.25) is 0 Å². The van der Waals surface area contributed by atoms with E-state index in [0.29, 0.717) is 16.7 Å². The first-order valence-electron chi connectivity index (χ1n) is 8.26. The molecule has 0 fully saturated rings. The third-order valence-electron chi connectivity index (χ3n) is 4.38. The summed E-state index contributed by atoms with van der Waals surface area (Å²) in [4.78, 5) is 0. The van der Waals surface area contributed by atoms with Crippen molar-refractivity contribution in [3.8, 4) is 6.07 Å². The van der Waals surface area contributed by atoms with Crippen molar-refractivity contribution in [2.45, 2.75) is 26.6 Å². The fraction of sp³-hybridized carbons (Fsp3) is 0.190. The molecule has 1 aromatic heterocycles. The lowest BCUT2D eigenvalue weighted by molar-refractivity contribution is -0.137. The van der Waals surface area contributed by atoms with Gasteiger partial charge in [0.05, 0.1) is 17.2 Å². The van der Waals surface area contributed by atoms with Gasteiger partial charge in [-0.05, 0) is 37.6 Å². The highest BCUT2D eigenvalue weighted by Gasteiger charge is 2.30. The minimum Gasteiger partial charge on any atom is -0.506 e. The number of allylic oxidation sites excluding steroid dienone is 1. The van der Waals surface area contributed by atoms with Crippen molar-refractivity contribution in [2.24, 2.45) is 0 Å². The summed E-state index contributed by atoms with van der Waals surface area (Å²) in [7, 11) is 0. The van der Waals surface area contributed by atoms with Gasteiger partial charge in [0.25, 0.3) is 0 Å². The van der Waals surface area contributed by atoms with E-state index >= 15 is 0 Å². The molecule has 2 aromatic carbocycles. The first-order valence-corrected chi connectivity index (χ1v) is 8.26. The molecule has 0 saturated heterocycles. The summed E-state index contributed by atoms with van der Waals surface area (Å²) in [5, 5.41) is 20.1. The van der Waals surface area contributed by atoms with Gasteiger partial charge in [-0.25, -0.2) is 0 Å². The number of aromatic nitrogens is 1. The Hall–Kier alpha value is -3.20. The number of para-hydroxylation sites is 1. The number of benzene rings is 2. The van der Waals surface area contributed by atoms with Gasteiger partial charge in [-0.2, -0.15) is 18.4 Å². The molecule has 6 heteroatoms. The lowest BCUT2D eigenvalue weighted by atomic mass is 10.1. The fourth-order valence-corrected chi connectivity index (χ4v) is 3.14. The Bertz CT molecular complexity index is 1080. The number of halogens is 3. The highest BCUT2D eigenvalue weighted by Crippen LogP contribution is 2.32. The maximum Gasteiger partial charge on any atom is 0.416 e. The van der Waals surface area contributed by atoms with Crippen LogP contribution in [-0.2, 0) is 12.7 Å². The lowest BCUT2D eigenvalue weighted by Gasteiger charge is -2.12. The molecule has 3 nitrogen and oxygen atoms in total. The molecular weight excluding hydrogens is 353 g/mol. The van der Waals surface area contributed by atoms with Crippen molar-refractivity contribution in [1.29, 1.82) is 5.26 Å². The van der Waals surface area contributed by atoms with Gasteiger partial charge in [0.1, 0.15) is 5.76 Å². The summed E-state index contributed by atoms with van der Waals surface area (Å²) < 4.78 is 41.1. The maximum absolute atomic E-state index is 13.1. The van der Waals surface area contributed by atoms with Crippen LogP contribution in [0.1, 0.15) is 29.2 Å². The number of aliphatic hydroxyl groups is 1.